The lowest BCUT2D eigenvalue weighted by atomic mass is 9.92. The molecule has 2 amide bonds. The molecule has 0 aliphatic heterocycles. The van der Waals surface area contributed by atoms with Crippen molar-refractivity contribution in [1.82, 2.24) is 16.0 Å². The summed E-state index contributed by atoms with van der Waals surface area (Å²) in [5, 5.41) is 8.77. The molecule has 0 aliphatic rings. The minimum atomic E-state index is -0.687. The van der Waals surface area contributed by atoms with Crippen LogP contribution in [0.1, 0.15) is 77.7 Å². The Morgan fingerprint density at radius 1 is 0.909 bits per heavy atom. The van der Waals surface area contributed by atoms with Crippen LogP contribution in [0, 0.1) is 11.8 Å². The van der Waals surface area contributed by atoms with Gasteiger partial charge in [-0.3, -0.25) is 14.4 Å². The zero-order chi connectivity index (χ0) is 26.0. The number of carbonyl (C=O) groups is 3. The highest BCUT2D eigenvalue weighted by molar-refractivity contribution is 7.98. The van der Waals surface area contributed by atoms with Crippen LogP contribution in [0.3, 0.4) is 0 Å². The third-order valence-electron chi connectivity index (χ3n) is 4.67. The molecule has 2 atom stereocenters. The molecule has 1 rings (SSSR count). The van der Waals surface area contributed by atoms with E-state index in [4.69, 9.17) is 0 Å². The van der Waals surface area contributed by atoms with Crippen LogP contribution in [0.15, 0.2) is 24.3 Å². The van der Waals surface area contributed by atoms with Gasteiger partial charge in [0.15, 0.2) is 5.78 Å². The van der Waals surface area contributed by atoms with Crippen molar-refractivity contribution < 1.29 is 14.4 Å². The molecule has 0 saturated heterocycles. The SMILES string of the molecule is CC.CC.CNCc1ccc(C(=O)NC(CCSC)C(=O)NC(C(=O)C(C)C)C(C)C)cc1. The number of thioether (sulfide) groups is 1. The minimum Gasteiger partial charge on any atom is -0.344 e. The molecule has 0 aromatic heterocycles. The highest BCUT2D eigenvalue weighted by Crippen LogP contribution is 2.11. The van der Waals surface area contributed by atoms with E-state index in [-0.39, 0.29) is 29.4 Å². The first-order chi connectivity index (χ1) is 15.7. The van der Waals surface area contributed by atoms with Gasteiger partial charge in [-0.15, -0.1) is 0 Å². The van der Waals surface area contributed by atoms with Crippen LogP contribution >= 0.6 is 11.8 Å². The molecular formula is C26H47N3O3S. The highest BCUT2D eigenvalue weighted by Gasteiger charge is 2.29. The van der Waals surface area contributed by atoms with E-state index in [0.29, 0.717) is 12.0 Å². The molecular weight excluding hydrogens is 434 g/mol. The maximum Gasteiger partial charge on any atom is 0.251 e. The van der Waals surface area contributed by atoms with E-state index in [1.54, 1.807) is 23.9 Å². The standard InChI is InChI=1S/C22H35N3O3S.2C2H6/c1-14(2)19(20(26)15(3)4)25-22(28)18(11-12-29-6)24-21(27)17-9-7-16(8-10-17)13-23-5;2*1-2/h7-10,14-15,18-19,23H,11-13H2,1-6H3,(H,24,27)(H,25,28);2*1-2H3. The lowest BCUT2D eigenvalue weighted by molar-refractivity contribution is -0.131. The molecule has 33 heavy (non-hydrogen) atoms. The number of rotatable bonds is 12. The summed E-state index contributed by atoms with van der Waals surface area (Å²) in [6, 6.07) is 6.04. The number of benzene rings is 1. The number of ketones is 1. The fourth-order valence-electron chi connectivity index (χ4n) is 2.90. The molecule has 6 nitrogen and oxygen atoms in total. The van der Waals surface area contributed by atoms with Crippen molar-refractivity contribution in [2.24, 2.45) is 11.8 Å². The summed E-state index contributed by atoms with van der Waals surface area (Å²) in [5.74, 6) is -0.0679. The second-order valence-electron chi connectivity index (χ2n) is 7.82. The van der Waals surface area contributed by atoms with Gasteiger partial charge in [0.1, 0.15) is 6.04 Å². The Labute approximate surface area is 206 Å². The fraction of sp³-hybridized carbons (Fsp3) is 0.654. The van der Waals surface area contributed by atoms with Crippen molar-refractivity contribution in [3.05, 3.63) is 35.4 Å². The molecule has 0 bridgehead atoms. The van der Waals surface area contributed by atoms with Crippen LogP contribution < -0.4 is 16.0 Å². The largest absolute Gasteiger partial charge is 0.344 e. The van der Waals surface area contributed by atoms with E-state index in [2.05, 4.69) is 16.0 Å². The summed E-state index contributed by atoms with van der Waals surface area (Å²) in [5.41, 5.74) is 1.58. The maximum atomic E-state index is 12.9. The Morgan fingerprint density at radius 3 is 1.88 bits per heavy atom. The molecule has 190 valence electrons. The predicted octanol–water partition coefficient (Wildman–Crippen LogP) is 4.68. The summed E-state index contributed by atoms with van der Waals surface area (Å²) >= 11 is 1.61. The summed E-state index contributed by atoms with van der Waals surface area (Å²) in [7, 11) is 1.87. The molecule has 0 heterocycles. The van der Waals surface area contributed by atoms with Crippen molar-refractivity contribution in [3.8, 4) is 0 Å². The van der Waals surface area contributed by atoms with Gasteiger partial charge in [-0.05, 0) is 49.1 Å². The molecule has 1 aromatic carbocycles. The van der Waals surface area contributed by atoms with Gasteiger partial charge in [0.25, 0.3) is 5.91 Å². The zero-order valence-corrected chi connectivity index (χ0v) is 23.2. The topological polar surface area (TPSA) is 87.3 Å². The zero-order valence-electron chi connectivity index (χ0n) is 22.4. The van der Waals surface area contributed by atoms with Gasteiger partial charge < -0.3 is 16.0 Å². The van der Waals surface area contributed by atoms with Crippen molar-refractivity contribution in [2.45, 2.75) is 80.4 Å². The lowest BCUT2D eigenvalue weighted by Crippen LogP contribution is -2.54. The van der Waals surface area contributed by atoms with E-state index in [1.165, 1.54) is 0 Å². The number of hydrogen-bond donors (Lipinski definition) is 3. The van der Waals surface area contributed by atoms with Crippen molar-refractivity contribution in [3.63, 3.8) is 0 Å². The Hall–Kier alpha value is -1.86. The molecule has 0 aliphatic carbocycles. The normalized spacial score (nSPS) is 12.0. The Morgan fingerprint density at radius 2 is 1.45 bits per heavy atom. The van der Waals surface area contributed by atoms with Crippen molar-refractivity contribution in [2.75, 3.05) is 19.1 Å². The summed E-state index contributed by atoms with van der Waals surface area (Å²) in [4.78, 5) is 38.0. The second-order valence-corrected chi connectivity index (χ2v) is 8.81. The van der Waals surface area contributed by atoms with E-state index in [1.807, 2.05) is 80.8 Å². The van der Waals surface area contributed by atoms with Crippen molar-refractivity contribution >= 4 is 29.4 Å². The lowest BCUT2D eigenvalue weighted by Gasteiger charge is -2.26. The van der Waals surface area contributed by atoms with Gasteiger partial charge in [-0.25, -0.2) is 0 Å². The average Bonchev–Trinajstić information content (AvgIpc) is 2.82. The summed E-state index contributed by atoms with van der Waals surface area (Å²) < 4.78 is 0. The minimum absolute atomic E-state index is 0.00316. The number of carbonyl (C=O) groups excluding carboxylic acids is 3. The summed E-state index contributed by atoms with van der Waals surface area (Å²) in [6.45, 7) is 16.2. The van der Waals surface area contributed by atoms with E-state index >= 15 is 0 Å². The van der Waals surface area contributed by atoms with Gasteiger partial charge in [0, 0.05) is 18.0 Å². The molecule has 0 fully saturated rings. The summed E-state index contributed by atoms with van der Waals surface area (Å²) in [6.07, 6.45) is 2.45. The third-order valence-corrected chi connectivity index (χ3v) is 5.31. The van der Waals surface area contributed by atoms with Gasteiger partial charge in [0.05, 0.1) is 6.04 Å². The van der Waals surface area contributed by atoms with Crippen molar-refractivity contribution in [1.29, 1.82) is 0 Å². The maximum absolute atomic E-state index is 12.9. The number of nitrogens with one attached hydrogen (secondary N) is 3. The Kier molecular flexibility index (Phi) is 19.8. The Bertz CT molecular complexity index is 676. The molecule has 0 radical (unpaired) electrons. The van der Waals surface area contributed by atoms with Gasteiger partial charge in [-0.1, -0.05) is 67.5 Å². The first kappa shape index (κ1) is 33.3. The predicted molar refractivity (Wildman–Crippen MR) is 143 cm³/mol. The monoisotopic (exact) mass is 481 g/mol. The smallest absolute Gasteiger partial charge is 0.251 e. The van der Waals surface area contributed by atoms with Crippen LogP contribution in [0.4, 0.5) is 0 Å². The number of Topliss-reactive ketones (excluding diaryl/α,β-unsaturated/α-hetero) is 1. The average molecular weight is 482 g/mol. The highest BCUT2D eigenvalue weighted by atomic mass is 32.2. The van der Waals surface area contributed by atoms with Crippen LogP contribution in [-0.2, 0) is 16.1 Å². The van der Waals surface area contributed by atoms with Crippen LogP contribution in [0.2, 0.25) is 0 Å². The first-order valence-electron chi connectivity index (χ1n) is 12.1. The fourth-order valence-corrected chi connectivity index (χ4v) is 3.37. The van der Waals surface area contributed by atoms with Gasteiger partial charge in [0.2, 0.25) is 5.91 Å². The third kappa shape index (κ3) is 12.8. The molecule has 0 spiro atoms. The van der Waals surface area contributed by atoms with Crippen LogP contribution in [0.25, 0.3) is 0 Å². The van der Waals surface area contributed by atoms with E-state index in [0.717, 1.165) is 17.9 Å². The quantitative estimate of drug-likeness (QED) is 0.404. The van der Waals surface area contributed by atoms with E-state index < -0.39 is 12.1 Å². The van der Waals surface area contributed by atoms with Crippen LogP contribution in [-0.4, -0.2) is 48.7 Å². The molecule has 3 N–H and O–H groups in total. The Balaban J connectivity index is 0. The number of hydrogen-bond acceptors (Lipinski definition) is 5. The van der Waals surface area contributed by atoms with Crippen LogP contribution in [0.5, 0.6) is 0 Å². The molecule has 0 saturated carbocycles. The van der Waals surface area contributed by atoms with E-state index in [9.17, 15) is 14.4 Å². The first-order valence-corrected chi connectivity index (χ1v) is 13.5. The number of amides is 2. The molecule has 1 aromatic rings. The molecule has 7 heteroatoms. The second kappa shape index (κ2) is 19.6. The van der Waals surface area contributed by atoms with Gasteiger partial charge >= 0.3 is 0 Å². The molecule has 2 unspecified atom stereocenters. The van der Waals surface area contributed by atoms with Gasteiger partial charge in [-0.2, -0.15) is 11.8 Å².